The van der Waals surface area contributed by atoms with Gasteiger partial charge in [-0.25, -0.2) is 0 Å². The number of likely N-dealkylation sites (tertiary alicyclic amines) is 1. The minimum Gasteiger partial charge on any atom is -0.393 e. The van der Waals surface area contributed by atoms with E-state index in [1.54, 1.807) is 0 Å². The molecule has 2 aliphatic rings. The molecule has 2 fully saturated rings. The zero-order valence-electron chi connectivity index (χ0n) is 8.37. The molecule has 0 amide bonds. The van der Waals surface area contributed by atoms with E-state index in [4.69, 9.17) is 5.73 Å². The second kappa shape index (κ2) is 3.23. The molecule has 1 unspecified atom stereocenters. The highest BCUT2D eigenvalue weighted by molar-refractivity contribution is 5.07. The smallest absolute Gasteiger partial charge is 0.0576 e. The van der Waals surface area contributed by atoms with Crippen molar-refractivity contribution in [2.45, 2.75) is 49.8 Å². The number of nitrogens with two attached hydrogens (primary N) is 1. The van der Waals surface area contributed by atoms with Gasteiger partial charge in [-0.15, -0.1) is 0 Å². The fourth-order valence-electron chi connectivity index (χ4n) is 2.89. The van der Waals surface area contributed by atoms with E-state index in [1.165, 1.54) is 25.8 Å². The number of aliphatic hydroxyl groups excluding tert-OH is 1. The predicted octanol–water partition coefficient (Wildman–Crippen LogP) is 0.323. The van der Waals surface area contributed by atoms with Crippen molar-refractivity contribution in [1.29, 1.82) is 0 Å². The van der Waals surface area contributed by atoms with Crippen LogP contribution in [0.4, 0.5) is 0 Å². The van der Waals surface area contributed by atoms with E-state index in [1.807, 2.05) is 0 Å². The van der Waals surface area contributed by atoms with E-state index in [2.05, 4.69) is 11.9 Å². The Bertz CT molecular complexity index is 189. The van der Waals surface area contributed by atoms with Gasteiger partial charge in [-0.3, -0.25) is 0 Å². The Morgan fingerprint density at radius 1 is 1.38 bits per heavy atom. The highest BCUT2D eigenvalue weighted by Gasteiger charge is 2.47. The van der Waals surface area contributed by atoms with Crippen LogP contribution in [0.25, 0.3) is 0 Å². The molecule has 0 aromatic carbocycles. The first-order chi connectivity index (χ1) is 6.12. The van der Waals surface area contributed by atoms with Crippen molar-refractivity contribution in [3.05, 3.63) is 0 Å². The maximum Gasteiger partial charge on any atom is 0.0576 e. The molecule has 1 saturated heterocycles. The second-order valence-corrected chi connectivity index (χ2v) is 4.79. The van der Waals surface area contributed by atoms with Gasteiger partial charge in [0, 0.05) is 11.6 Å². The minimum atomic E-state index is -0.139. The Morgan fingerprint density at radius 2 is 2.08 bits per heavy atom. The van der Waals surface area contributed by atoms with Crippen LogP contribution in [0.3, 0.4) is 0 Å². The van der Waals surface area contributed by atoms with E-state index in [0.29, 0.717) is 6.04 Å². The van der Waals surface area contributed by atoms with Crippen LogP contribution in [0, 0.1) is 0 Å². The normalized spacial score (nSPS) is 47.3. The monoisotopic (exact) mass is 184 g/mol. The van der Waals surface area contributed by atoms with Crippen molar-refractivity contribution in [1.82, 2.24) is 4.90 Å². The Labute approximate surface area is 79.9 Å². The van der Waals surface area contributed by atoms with Gasteiger partial charge < -0.3 is 15.7 Å². The van der Waals surface area contributed by atoms with Crippen LogP contribution in [-0.2, 0) is 0 Å². The number of hydrogen-bond donors (Lipinski definition) is 2. The SMILES string of the molecule is CN1CCCCC1C1(N)CC(O)C1. The summed E-state index contributed by atoms with van der Waals surface area (Å²) in [7, 11) is 2.16. The molecule has 3 nitrogen and oxygen atoms in total. The molecule has 0 aromatic heterocycles. The van der Waals surface area contributed by atoms with Crippen LogP contribution in [0.1, 0.15) is 32.1 Å². The lowest BCUT2D eigenvalue weighted by Gasteiger charge is -2.52. The molecule has 3 heteroatoms. The van der Waals surface area contributed by atoms with Crippen molar-refractivity contribution >= 4 is 0 Å². The van der Waals surface area contributed by atoms with Crippen LogP contribution in [0.2, 0.25) is 0 Å². The maximum absolute atomic E-state index is 9.30. The first kappa shape index (κ1) is 9.44. The Hall–Kier alpha value is -0.120. The van der Waals surface area contributed by atoms with Crippen LogP contribution in [0.5, 0.6) is 0 Å². The summed E-state index contributed by atoms with van der Waals surface area (Å²) in [5.41, 5.74) is 6.17. The summed E-state index contributed by atoms with van der Waals surface area (Å²) >= 11 is 0. The molecule has 1 aliphatic heterocycles. The zero-order chi connectivity index (χ0) is 9.47. The molecule has 1 atom stereocenters. The van der Waals surface area contributed by atoms with Crippen LogP contribution < -0.4 is 5.73 Å². The van der Waals surface area contributed by atoms with Crippen LogP contribution in [-0.4, -0.2) is 41.3 Å². The fraction of sp³-hybridized carbons (Fsp3) is 1.00. The van der Waals surface area contributed by atoms with E-state index in [0.717, 1.165) is 12.8 Å². The molecule has 1 saturated carbocycles. The van der Waals surface area contributed by atoms with Gasteiger partial charge in [-0.05, 0) is 39.3 Å². The molecule has 0 aromatic rings. The lowest BCUT2D eigenvalue weighted by atomic mass is 9.68. The molecule has 13 heavy (non-hydrogen) atoms. The van der Waals surface area contributed by atoms with E-state index >= 15 is 0 Å². The van der Waals surface area contributed by atoms with Crippen molar-refractivity contribution in [2.75, 3.05) is 13.6 Å². The first-order valence-electron chi connectivity index (χ1n) is 5.29. The third-order valence-corrected chi connectivity index (χ3v) is 3.67. The van der Waals surface area contributed by atoms with Gasteiger partial charge in [0.2, 0.25) is 0 Å². The lowest BCUT2D eigenvalue weighted by molar-refractivity contribution is -0.0335. The summed E-state index contributed by atoms with van der Waals surface area (Å²) in [5, 5.41) is 9.30. The van der Waals surface area contributed by atoms with Crippen LogP contribution >= 0.6 is 0 Å². The van der Waals surface area contributed by atoms with E-state index < -0.39 is 0 Å². The summed E-state index contributed by atoms with van der Waals surface area (Å²) < 4.78 is 0. The van der Waals surface area contributed by atoms with Gasteiger partial charge in [0.1, 0.15) is 0 Å². The number of aliphatic hydroxyl groups is 1. The molecular weight excluding hydrogens is 164 g/mol. The van der Waals surface area contributed by atoms with Crippen LogP contribution in [0.15, 0.2) is 0 Å². The molecule has 0 spiro atoms. The summed E-state index contributed by atoms with van der Waals surface area (Å²) in [6.45, 7) is 1.17. The first-order valence-corrected chi connectivity index (χ1v) is 5.29. The average Bonchev–Trinajstić information content (AvgIpc) is 2.02. The number of piperidine rings is 1. The Balaban J connectivity index is 1.98. The molecule has 1 heterocycles. The van der Waals surface area contributed by atoms with Gasteiger partial charge in [0.25, 0.3) is 0 Å². The quantitative estimate of drug-likeness (QED) is 0.617. The minimum absolute atomic E-state index is 0.0887. The van der Waals surface area contributed by atoms with Gasteiger partial charge >= 0.3 is 0 Å². The number of hydrogen-bond acceptors (Lipinski definition) is 3. The number of rotatable bonds is 1. The zero-order valence-corrected chi connectivity index (χ0v) is 8.37. The molecule has 0 radical (unpaired) electrons. The van der Waals surface area contributed by atoms with E-state index in [9.17, 15) is 5.11 Å². The van der Waals surface area contributed by atoms with Gasteiger partial charge in [-0.2, -0.15) is 0 Å². The predicted molar refractivity (Wildman–Crippen MR) is 52.4 cm³/mol. The van der Waals surface area contributed by atoms with Crippen molar-refractivity contribution < 1.29 is 5.11 Å². The molecule has 3 N–H and O–H groups in total. The fourth-order valence-corrected chi connectivity index (χ4v) is 2.89. The standard InChI is InChI=1S/C10H20N2O/c1-12-5-3-2-4-9(12)10(11)6-8(13)7-10/h8-9,13H,2-7,11H2,1H3. The third-order valence-electron chi connectivity index (χ3n) is 3.67. The maximum atomic E-state index is 9.30. The van der Waals surface area contributed by atoms with Crippen molar-refractivity contribution in [2.24, 2.45) is 5.73 Å². The molecule has 0 bridgehead atoms. The Kier molecular flexibility index (Phi) is 2.34. The Morgan fingerprint density at radius 3 is 2.62 bits per heavy atom. The highest BCUT2D eigenvalue weighted by atomic mass is 16.3. The average molecular weight is 184 g/mol. The van der Waals surface area contributed by atoms with Gasteiger partial charge in [0.05, 0.1) is 6.10 Å². The summed E-state index contributed by atoms with van der Waals surface area (Å²) in [5.74, 6) is 0. The lowest BCUT2D eigenvalue weighted by Crippen LogP contribution is -2.66. The number of nitrogens with zero attached hydrogens (tertiary/aromatic N) is 1. The second-order valence-electron chi connectivity index (χ2n) is 4.79. The molecular formula is C10H20N2O. The van der Waals surface area contributed by atoms with Crippen molar-refractivity contribution in [3.63, 3.8) is 0 Å². The third kappa shape index (κ3) is 1.60. The largest absolute Gasteiger partial charge is 0.393 e. The molecule has 2 rings (SSSR count). The topological polar surface area (TPSA) is 49.5 Å². The molecule has 1 aliphatic carbocycles. The van der Waals surface area contributed by atoms with Gasteiger partial charge in [-0.1, -0.05) is 6.42 Å². The van der Waals surface area contributed by atoms with E-state index in [-0.39, 0.29) is 11.6 Å². The summed E-state index contributed by atoms with van der Waals surface area (Å²) in [4.78, 5) is 2.37. The highest BCUT2D eigenvalue weighted by Crippen LogP contribution is 2.38. The van der Waals surface area contributed by atoms with Crippen molar-refractivity contribution in [3.8, 4) is 0 Å². The summed E-state index contributed by atoms with van der Waals surface area (Å²) in [6, 6.07) is 0.504. The molecule has 76 valence electrons. The van der Waals surface area contributed by atoms with Gasteiger partial charge in [0.15, 0.2) is 0 Å². The number of likely N-dealkylation sites (N-methyl/N-ethyl adjacent to an activating group) is 1. The summed E-state index contributed by atoms with van der Waals surface area (Å²) in [6.07, 6.45) is 5.25.